The minimum atomic E-state index is -6.72. The molecule has 0 bridgehead atoms. The summed E-state index contributed by atoms with van der Waals surface area (Å²) in [6.45, 7) is 0. The van der Waals surface area contributed by atoms with Crippen LogP contribution in [0, 0.1) is 0 Å². The zero-order chi connectivity index (χ0) is 22.0. The molecule has 0 atom stereocenters. The minimum absolute atomic E-state index is 0.778. The maximum absolute atomic E-state index is 11.4. The van der Waals surface area contributed by atoms with Gasteiger partial charge < -0.3 is 13.1 Å². The molecular weight excluding hydrogens is 443 g/mol. The molecule has 0 aliphatic rings. The van der Waals surface area contributed by atoms with Crippen molar-refractivity contribution < 1.29 is 52.1 Å². The van der Waals surface area contributed by atoms with Crippen LogP contribution in [0.3, 0.4) is 0 Å². The van der Waals surface area contributed by atoms with Crippen molar-refractivity contribution in [2.75, 3.05) is 0 Å². The predicted octanol–water partition coefficient (Wildman–Crippen LogP) is -0.0715. The zero-order valence-corrected chi connectivity index (χ0v) is 15.6. The molecule has 2 heterocycles. The van der Waals surface area contributed by atoms with Gasteiger partial charge in [0.15, 0.2) is 32.7 Å². The summed E-state index contributed by atoms with van der Waals surface area (Å²) < 4.78 is 117. The molecular formula is C10H12BF6N5O4S2. The highest BCUT2D eigenvalue weighted by Crippen LogP contribution is 2.36. The fraction of sp³-hybridized carbons (Fsp3) is 0.400. The van der Waals surface area contributed by atoms with E-state index in [9.17, 15) is 43.2 Å². The Balaban J connectivity index is 0.000000281. The van der Waals surface area contributed by atoms with Gasteiger partial charge in [-0.2, -0.15) is 26.3 Å². The molecule has 158 valence electrons. The molecule has 0 unspecified atom stereocenters. The van der Waals surface area contributed by atoms with Crippen molar-refractivity contribution in [2.45, 2.75) is 11.0 Å². The number of rotatable bonds is 4. The molecule has 28 heavy (non-hydrogen) atoms. The molecule has 0 spiro atoms. The quantitative estimate of drug-likeness (QED) is 0.476. The van der Waals surface area contributed by atoms with Gasteiger partial charge in [-0.25, -0.2) is 26.0 Å². The van der Waals surface area contributed by atoms with E-state index in [4.69, 9.17) is 0 Å². The van der Waals surface area contributed by atoms with Gasteiger partial charge >= 0.3 is 11.0 Å². The average Bonchev–Trinajstić information content (AvgIpc) is 3.05. The van der Waals surface area contributed by atoms with Crippen LogP contribution < -0.4 is 8.96 Å². The second-order valence-corrected chi connectivity index (χ2v) is 8.51. The lowest BCUT2D eigenvalue weighted by Gasteiger charge is -2.22. The fourth-order valence-electron chi connectivity index (χ4n) is 1.44. The van der Waals surface area contributed by atoms with Crippen LogP contribution in [0.15, 0.2) is 37.4 Å². The first-order valence-electron chi connectivity index (χ1n) is 6.72. The van der Waals surface area contributed by atoms with E-state index >= 15 is 0 Å². The molecule has 0 amide bonds. The van der Waals surface area contributed by atoms with E-state index in [0.717, 1.165) is 4.13 Å². The molecule has 2 rings (SSSR count). The number of halogens is 6. The van der Waals surface area contributed by atoms with Gasteiger partial charge in [-0.15, -0.1) is 0 Å². The number of hydrogen-bond acceptors (Lipinski definition) is 4. The lowest BCUT2D eigenvalue weighted by Crippen LogP contribution is -2.57. The van der Waals surface area contributed by atoms with E-state index in [1.54, 1.807) is 0 Å². The average molecular weight is 455 g/mol. The number of aryl methyl sites for hydroxylation is 2. The number of alkyl halides is 6. The Hall–Kier alpha value is -2.08. The maximum Gasteiger partial charge on any atom is 0.480 e. The predicted molar refractivity (Wildman–Crippen MR) is 81.1 cm³/mol. The van der Waals surface area contributed by atoms with Crippen molar-refractivity contribution in [3.05, 3.63) is 41.6 Å². The SMILES string of the molecule is Cn1cc[n+]([B-][n+]2ccn(C)c2)c1.O=S(=O)([N-]S(=O)(=O)C(F)(F)F)C(F)(F)F. The van der Waals surface area contributed by atoms with Gasteiger partial charge in [-0.1, -0.05) is 0 Å². The number of hydrogen-bond donors (Lipinski definition) is 0. The molecule has 0 fully saturated rings. The molecule has 0 saturated heterocycles. The Morgan fingerprint density at radius 1 is 0.786 bits per heavy atom. The second-order valence-electron chi connectivity index (χ2n) is 5.08. The van der Waals surface area contributed by atoms with Crippen LogP contribution in [-0.4, -0.2) is 44.5 Å². The molecule has 0 saturated carbocycles. The van der Waals surface area contributed by atoms with E-state index in [-0.39, 0.29) is 0 Å². The Bertz CT molecular complexity index is 932. The number of imidazole rings is 2. The Kier molecular flexibility index (Phi) is 6.95. The Labute approximate surface area is 156 Å². The molecule has 2 aromatic heterocycles. The van der Waals surface area contributed by atoms with Gasteiger partial charge in [0.1, 0.15) is 12.4 Å². The largest absolute Gasteiger partial charge is 0.480 e. The summed E-state index contributed by atoms with van der Waals surface area (Å²) in [6.07, 6.45) is 12.0. The van der Waals surface area contributed by atoms with Gasteiger partial charge in [-0.05, 0) is 0 Å². The summed E-state index contributed by atoms with van der Waals surface area (Å²) >= 11 is 0. The standard InChI is InChI=1S/C8H12BN4.C2F6NO4S2/c1-10-3-5-12(7-10)9-13-6-4-11(2)8-13;3-1(4,5)14(10,11)9-15(12,13)2(6,7)8/h3-8H,1-2H3;/q+1;-1. The van der Waals surface area contributed by atoms with Crippen LogP contribution >= 0.6 is 0 Å². The fourth-order valence-corrected chi connectivity index (χ4v) is 3.15. The highest BCUT2D eigenvalue weighted by molar-refractivity contribution is 8.13. The smallest absolute Gasteiger partial charge is 0.441 e. The van der Waals surface area contributed by atoms with Gasteiger partial charge in [-0.3, -0.25) is 0 Å². The van der Waals surface area contributed by atoms with Crippen molar-refractivity contribution in [3.8, 4) is 0 Å². The van der Waals surface area contributed by atoms with E-state index in [0.29, 0.717) is 0 Å². The van der Waals surface area contributed by atoms with Crippen LogP contribution in [-0.2, 0) is 34.1 Å². The summed E-state index contributed by atoms with van der Waals surface area (Å²) in [5, 5.41) is 0. The van der Waals surface area contributed by atoms with Crippen LogP contribution in [0.2, 0.25) is 0 Å². The normalized spacial score (nSPS) is 13.1. The first-order valence-corrected chi connectivity index (χ1v) is 9.60. The Morgan fingerprint density at radius 3 is 1.32 bits per heavy atom. The summed E-state index contributed by atoms with van der Waals surface area (Å²) in [6, 6.07) is 0. The number of sulfonamides is 2. The van der Waals surface area contributed by atoms with E-state index in [2.05, 4.69) is 0 Å². The van der Waals surface area contributed by atoms with Crippen LogP contribution in [0.25, 0.3) is 4.13 Å². The van der Waals surface area contributed by atoms with Gasteiger partial charge in [0.05, 0.1) is 26.5 Å². The van der Waals surface area contributed by atoms with Crippen molar-refractivity contribution in [2.24, 2.45) is 14.1 Å². The third kappa shape index (κ3) is 6.52. The Morgan fingerprint density at radius 2 is 1.11 bits per heavy atom. The monoisotopic (exact) mass is 455 g/mol. The van der Waals surface area contributed by atoms with E-state index in [1.165, 1.54) is 0 Å². The topological polar surface area (TPSA) is 100 Å². The number of nitrogens with zero attached hydrogens (tertiary/aromatic N) is 5. The van der Waals surface area contributed by atoms with Gasteiger partial charge in [0, 0.05) is 0 Å². The minimum Gasteiger partial charge on any atom is -0.441 e. The zero-order valence-electron chi connectivity index (χ0n) is 14.0. The van der Waals surface area contributed by atoms with Crippen molar-refractivity contribution in [1.82, 2.24) is 9.13 Å². The molecule has 0 N–H and O–H groups in total. The molecule has 2 aromatic rings. The van der Waals surface area contributed by atoms with Crippen molar-refractivity contribution in [1.29, 1.82) is 0 Å². The molecule has 9 nitrogen and oxygen atoms in total. The van der Waals surface area contributed by atoms with Crippen LogP contribution in [0.1, 0.15) is 0 Å². The van der Waals surface area contributed by atoms with Gasteiger partial charge in [0.2, 0.25) is 7.55 Å². The van der Waals surface area contributed by atoms with Crippen molar-refractivity contribution in [3.63, 3.8) is 0 Å². The third-order valence-electron chi connectivity index (χ3n) is 2.63. The van der Waals surface area contributed by atoms with Crippen LogP contribution in [0.4, 0.5) is 26.3 Å². The molecule has 2 radical (unpaired) electrons. The highest BCUT2D eigenvalue weighted by atomic mass is 32.3. The molecule has 0 aliphatic heterocycles. The second kappa shape index (κ2) is 8.12. The summed E-state index contributed by atoms with van der Waals surface area (Å²) in [7, 11) is -7.44. The third-order valence-corrected chi connectivity index (χ3v) is 5.37. The molecule has 18 heteroatoms. The number of aromatic nitrogens is 4. The maximum atomic E-state index is 11.4. The lowest BCUT2D eigenvalue weighted by molar-refractivity contribution is -0.659. The van der Waals surface area contributed by atoms with Crippen molar-refractivity contribution >= 4 is 27.6 Å². The summed E-state index contributed by atoms with van der Waals surface area (Å²) in [5.74, 6) is 0. The van der Waals surface area contributed by atoms with E-state index < -0.39 is 31.1 Å². The van der Waals surface area contributed by atoms with Crippen LogP contribution in [0.5, 0.6) is 0 Å². The first-order chi connectivity index (χ1) is 12.4. The van der Waals surface area contributed by atoms with E-state index in [1.807, 2.05) is 77.2 Å². The molecule has 0 aromatic carbocycles. The van der Waals surface area contributed by atoms with Gasteiger partial charge in [0.25, 0.3) is 0 Å². The first kappa shape index (κ1) is 24.0. The summed E-state index contributed by atoms with van der Waals surface area (Å²) in [5.41, 5.74) is -12.4. The summed E-state index contributed by atoms with van der Waals surface area (Å²) in [4.78, 5) is 0. The highest BCUT2D eigenvalue weighted by Gasteiger charge is 2.46. The molecule has 0 aliphatic carbocycles. The lowest BCUT2D eigenvalue weighted by atomic mass is 10.2.